The maximum absolute atomic E-state index is 13.9. The summed E-state index contributed by atoms with van der Waals surface area (Å²) >= 11 is 8.81. The minimum Gasteiger partial charge on any atom is -0.453 e. The fourth-order valence-electron chi connectivity index (χ4n) is 1.58. The molecule has 0 spiro atoms. The lowest BCUT2D eigenvalue weighted by Gasteiger charge is -2.11. The quantitative estimate of drug-likeness (QED) is 0.762. The predicted octanol–water partition coefficient (Wildman–Crippen LogP) is 5.19. The minimum absolute atomic E-state index is 0.0168. The normalized spacial score (nSPS) is 12.3. The Hall–Kier alpha value is -1.17. The maximum Gasteiger partial charge on any atom is 0.166 e. The van der Waals surface area contributed by atoms with Crippen molar-refractivity contribution in [2.75, 3.05) is 0 Å². The van der Waals surface area contributed by atoms with Crippen LogP contribution in [-0.4, -0.2) is 0 Å². The van der Waals surface area contributed by atoms with Gasteiger partial charge in [0.2, 0.25) is 0 Å². The molecule has 2 rings (SSSR count). The number of hydrogen-bond donors (Lipinski definition) is 1. The fourth-order valence-corrected chi connectivity index (χ4v) is 2.30. The monoisotopic (exact) mass is 361 g/mol. The summed E-state index contributed by atoms with van der Waals surface area (Å²) in [6.45, 7) is 1.75. The first-order chi connectivity index (χ1) is 9.38. The van der Waals surface area contributed by atoms with E-state index in [1.165, 1.54) is 18.2 Å². The Morgan fingerprint density at radius 3 is 2.45 bits per heavy atom. The van der Waals surface area contributed by atoms with Crippen LogP contribution in [-0.2, 0) is 0 Å². The average Bonchev–Trinajstić information content (AvgIpc) is 2.37. The molecule has 0 heterocycles. The van der Waals surface area contributed by atoms with Crippen LogP contribution in [0.25, 0.3) is 0 Å². The summed E-state index contributed by atoms with van der Waals surface area (Å²) < 4.78 is 33.1. The Morgan fingerprint density at radius 2 is 1.85 bits per heavy atom. The minimum atomic E-state index is -0.641. The first kappa shape index (κ1) is 15.2. The number of nitrogens with two attached hydrogens (primary N) is 1. The molecule has 0 aliphatic rings. The number of benzene rings is 2. The summed E-state index contributed by atoms with van der Waals surface area (Å²) in [6, 6.07) is 6.56. The van der Waals surface area contributed by atoms with E-state index >= 15 is 0 Å². The van der Waals surface area contributed by atoms with Crippen molar-refractivity contribution in [3.05, 3.63) is 57.0 Å². The van der Waals surface area contributed by atoms with Crippen molar-refractivity contribution < 1.29 is 13.5 Å². The van der Waals surface area contributed by atoms with Crippen LogP contribution in [0.1, 0.15) is 18.5 Å². The first-order valence-corrected chi connectivity index (χ1v) is 6.93. The van der Waals surface area contributed by atoms with Crippen LogP contribution in [0.4, 0.5) is 8.78 Å². The second-order valence-electron chi connectivity index (χ2n) is 4.28. The number of halogens is 4. The third kappa shape index (κ3) is 3.29. The van der Waals surface area contributed by atoms with Crippen molar-refractivity contribution in [1.82, 2.24) is 0 Å². The van der Waals surface area contributed by atoms with Gasteiger partial charge in [0.25, 0.3) is 0 Å². The van der Waals surface area contributed by atoms with E-state index in [9.17, 15) is 8.78 Å². The molecule has 2 N–H and O–H groups in total. The van der Waals surface area contributed by atoms with Crippen LogP contribution in [0.2, 0.25) is 5.02 Å². The van der Waals surface area contributed by atoms with E-state index < -0.39 is 11.6 Å². The van der Waals surface area contributed by atoms with E-state index in [0.29, 0.717) is 10.0 Å². The molecule has 0 aliphatic heterocycles. The molecule has 0 radical (unpaired) electrons. The van der Waals surface area contributed by atoms with E-state index in [2.05, 4.69) is 15.9 Å². The summed E-state index contributed by atoms with van der Waals surface area (Å²) in [5.74, 6) is -1.09. The molecule has 106 valence electrons. The zero-order valence-electron chi connectivity index (χ0n) is 10.5. The smallest absolute Gasteiger partial charge is 0.166 e. The molecule has 6 heteroatoms. The van der Waals surface area contributed by atoms with E-state index in [0.717, 1.165) is 6.07 Å². The number of rotatable bonds is 3. The molecule has 2 aromatic rings. The zero-order valence-corrected chi connectivity index (χ0v) is 12.8. The molecule has 1 unspecified atom stereocenters. The van der Waals surface area contributed by atoms with Crippen LogP contribution >= 0.6 is 27.5 Å². The van der Waals surface area contributed by atoms with Gasteiger partial charge in [-0.2, -0.15) is 0 Å². The van der Waals surface area contributed by atoms with Gasteiger partial charge in [-0.1, -0.05) is 17.7 Å². The molecule has 0 saturated carbocycles. The summed E-state index contributed by atoms with van der Waals surface area (Å²) in [5.41, 5.74) is 6.32. The molecule has 0 aliphatic carbocycles. The Morgan fingerprint density at radius 1 is 1.15 bits per heavy atom. The number of hydrogen-bond acceptors (Lipinski definition) is 2. The van der Waals surface area contributed by atoms with Crippen molar-refractivity contribution in [3.8, 4) is 11.5 Å². The van der Waals surface area contributed by atoms with E-state index in [1.54, 1.807) is 13.0 Å². The predicted molar refractivity (Wildman–Crippen MR) is 78.2 cm³/mol. The van der Waals surface area contributed by atoms with Crippen LogP contribution in [0.5, 0.6) is 11.5 Å². The first-order valence-electron chi connectivity index (χ1n) is 5.76. The summed E-state index contributed by atoms with van der Waals surface area (Å²) in [4.78, 5) is 0. The third-order valence-electron chi connectivity index (χ3n) is 2.68. The SMILES string of the molecule is CC(N)c1ccc(Oc2cc(F)c(Cl)cc2Br)c(F)c1. The highest BCUT2D eigenvalue weighted by molar-refractivity contribution is 9.10. The van der Waals surface area contributed by atoms with Gasteiger partial charge in [0, 0.05) is 12.1 Å². The highest BCUT2D eigenvalue weighted by atomic mass is 79.9. The zero-order chi connectivity index (χ0) is 14.9. The van der Waals surface area contributed by atoms with Gasteiger partial charge in [0.15, 0.2) is 11.6 Å². The maximum atomic E-state index is 13.9. The molecular weight excluding hydrogens is 352 g/mol. The molecule has 0 amide bonds. The molecule has 0 fully saturated rings. The van der Waals surface area contributed by atoms with Gasteiger partial charge >= 0.3 is 0 Å². The van der Waals surface area contributed by atoms with Crippen molar-refractivity contribution in [2.24, 2.45) is 5.73 Å². The molecule has 0 aromatic heterocycles. The molecule has 2 aromatic carbocycles. The summed E-state index contributed by atoms with van der Waals surface area (Å²) in [7, 11) is 0. The van der Waals surface area contributed by atoms with Crippen molar-refractivity contribution in [3.63, 3.8) is 0 Å². The Bertz CT molecular complexity index is 649. The summed E-state index contributed by atoms with van der Waals surface area (Å²) in [6.07, 6.45) is 0. The van der Waals surface area contributed by atoms with Crippen LogP contribution in [0.3, 0.4) is 0 Å². The van der Waals surface area contributed by atoms with Crippen LogP contribution < -0.4 is 10.5 Å². The Kier molecular flexibility index (Phi) is 4.62. The van der Waals surface area contributed by atoms with Crippen molar-refractivity contribution in [1.29, 1.82) is 0 Å². The molecule has 2 nitrogen and oxygen atoms in total. The van der Waals surface area contributed by atoms with Gasteiger partial charge in [0.1, 0.15) is 11.6 Å². The Balaban J connectivity index is 2.33. The standard InChI is InChI=1S/C14H11BrClF2NO/c1-7(19)8-2-3-13(12(18)4-8)20-14-6-11(17)10(16)5-9(14)15/h2-7H,19H2,1H3. The van der Waals surface area contributed by atoms with Crippen LogP contribution in [0, 0.1) is 11.6 Å². The lowest BCUT2D eigenvalue weighted by atomic mass is 10.1. The summed E-state index contributed by atoms with van der Waals surface area (Å²) in [5, 5.41) is -0.0444. The lowest BCUT2D eigenvalue weighted by molar-refractivity contribution is 0.435. The third-order valence-corrected chi connectivity index (χ3v) is 3.59. The largest absolute Gasteiger partial charge is 0.453 e. The molecule has 20 heavy (non-hydrogen) atoms. The topological polar surface area (TPSA) is 35.2 Å². The second kappa shape index (κ2) is 6.08. The van der Waals surface area contributed by atoms with Gasteiger partial charge in [-0.05, 0) is 46.6 Å². The van der Waals surface area contributed by atoms with Gasteiger partial charge in [-0.3, -0.25) is 0 Å². The van der Waals surface area contributed by atoms with Gasteiger partial charge in [-0.25, -0.2) is 8.78 Å². The second-order valence-corrected chi connectivity index (χ2v) is 5.54. The molecule has 0 saturated heterocycles. The van der Waals surface area contributed by atoms with Crippen molar-refractivity contribution in [2.45, 2.75) is 13.0 Å². The van der Waals surface area contributed by atoms with Crippen molar-refractivity contribution >= 4 is 27.5 Å². The number of ether oxygens (including phenoxy) is 1. The van der Waals surface area contributed by atoms with E-state index in [1.807, 2.05) is 0 Å². The average molecular weight is 363 g/mol. The van der Waals surface area contributed by atoms with Gasteiger partial charge in [0.05, 0.1) is 9.50 Å². The highest BCUT2D eigenvalue weighted by Crippen LogP contribution is 2.35. The van der Waals surface area contributed by atoms with Gasteiger partial charge < -0.3 is 10.5 Å². The van der Waals surface area contributed by atoms with Crippen LogP contribution in [0.15, 0.2) is 34.8 Å². The lowest BCUT2D eigenvalue weighted by Crippen LogP contribution is -2.05. The molecule has 0 bridgehead atoms. The molecule has 1 atom stereocenters. The van der Waals surface area contributed by atoms with Gasteiger partial charge in [-0.15, -0.1) is 0 Å². The highest BCUT2D eigenvalue weighted by Gasteiger charge is 2.12. The Labute approximate surface area is 128 Å². The van der Waals surface area contributed by atoms with E-state index in [-0.39, 0.29) is 22.6 Å². The fraction of sp³-hybridized carbons (Fsp3) is 0.143. The molecular formula is C14H11BrClF2NO. The van der Waals surface area contributed by atoms with E-state index in [4.69, 9.17) is 22.1 Å².